The molecule has 2 aliphatic heterocycles. The van der Waals surface area contributed by atoms with Crippen LogP contribution in [0, 0.1) is 12.8 Å². The monoisotopic (exact) mass is 652 g/mol. The van der Waals surface area contributed by atoms with Gasteiger partial charge in [-0.25, -0.2) is 4.90 Å². The van der Waals surface area contributed by atoms with Gasteiger partial charge in [-0.05, 0) is 55.0 Å². The summed E-state index contributed by atoms with van der Waals surface area (Å²) in [6, 6.07) is 18.7. The molecule has 0 saturated carbocycles. The number of carbonyl (C=O) groups excluding carboxylic acids is 3. The molecule has 3 aromatic carbocycles. The van der Waals surface area contributed by atoms with Crippen molar-refractivity contribution >= 4 is 57.9 Å². The summed E-state index contributed by atoms with van der Waals surface area (Å²) >= 11 is 1.90. The van der Waals surface area contributed by atoms with E-state index in [0.717, 1.165) is 57.4 Å². The third-order valence-electron chi connectivity index (χ3n) is 7.89. The highest BCUT2D eigenvalue weighted by molar-refractivity contribution is 8.00. The number of nitrogens with one attached hydrogen (secondary N) is 1. The lowest BCUT2D eigenvalue weighted by molar-refractivity contribution is -0.137. The first-order chi connectivity index (χ1) is 21.3. The number of hydrogen-bond donors (Lipinski definition) is 1. The average molecular weight is 653 g/mol. The number of aromatic nitrogens is 1. The largest absolute Gasteiger partial charge is 0.416 e. The molecule has 2 aliphatic rings. The number of thioether (sulfide) groups is 1. The summed E-state index contributed by atoms with van der Waals surface area (Å²) in [7, 11) is 3.75. The van der Waals surface area contributed by atoms with Gasteiger partial charge in [0.2, 0.25) is 17.7 Å². The van der Waals surface area contributed by atoms with Gasteiger partial charge < -0.3 is 10.2 Å². The fourth-order valence-electron chi connectivity index (χ4n) is 5.65. The van der Waals surface area contributed by atoms with Gasteiger partial charge in [0.15, 0.2) is 0 Å². The van der Waals surface area contributed by atoms with E-state index < -0.39 is 51.4 Å². The number of thiazole rings is 1. The van der Waals surface area contributed by atoms with Gasteiger partial charge >= 0.3 is 11.0 Å². The molecule has 0 radical (unpaired) electrons. The van der Waals surface area contributed by atoms with Gasteiger partial charge in [-0.1, -0.05) is 59.0 Å². The summed E-state index contributed by atoms with van der Waals surface area (Å²) in [5.41, 5.74) is 1.98. The van der Waals surface area contributed by atoms with Gasteiger partial charge in [-0.15, -0.1) is 0 Å². The van der Waals surface area contributed by atoms with Gasteiger partial charge in [0, 0.05) is 36.3 Å². The second kappa shape index (κ2) is 11.5. The topological polar surface area (TPSA) is 91.7 Å². The SMILES string of the molecule is Cc1ccc(NC(=O)Cn2c3c(sc2=O)[C@@H](c2ccc(N(C)C)cc2)[C@@H]2C(=O)N(c4cccc(C(F)(F)F)c4)C(=O)[C@@H]2S3)cc1. The van der Waals surface area contributed by atoms with Crippen LogP contribution < -0.4 is 20.0 Å². The van der Waals surface area contributed by atoms with Crippen LogP contribution in [0.4, 0.5) is 30.2 Å². The van der Waals surface area contributed by atoms with Crippen LogP contribution in [-0.4, -0.2) is 41.6 Å². The van der Waals surface area contributed by atoms with E-state index in [2.05, 4.69) is 5.32 Å². The second-order valence-electron chi connectivity index (χ2n) is 11.1. The summed E-state index contributed by atoms with van der Waals surface area (Å²) < 4.78 is 41.9. The number of anilines is 3. The molecular formula is C32H27F3N4O4S2. The number of fused-ring (bicyclic) bond motifs is 2. The number of imide groups is 1. The number of aryl methyl sites for hydroxylation is 1. The molecule has 13 heteroatoms. The van der Waals surface area contributed by atoms with Crippen LogP contribution in [0.5, 0.6) is 0 Å². The molecule has 1 saturated heterocycles. The zero-order valence-electron chi connectivity index (χ0n) is 24.3. The predicted octanol–water partition coefficient (Wildman–Crippen LogP) is 5.74. The van der Waals surface area contributed by atoms with E-state index in [1.165, 1.54) is 10.6 Å². The lowest BCUT2D eigenvalue weighted by Gasteiger charge is -2.31. The first-order valence-electron chi connectivity index (χ1n) is 13.9. The minimum Gasteiger partial charge on any atom is -0.378 e. The minimum atomic E-state index is -4.67. The van der Waals surface area contributed by atoms with Crippen molar-refractivity contribution in [1.29, 1.82) is 0 Å². The van der Waals surface area contributed by atoms with Crippen molar-refractivity contribution in [3.8, 4) is 0 Å². The van der Waals surface area contributed by atoms with Crippen LogP contribution in [0.1, 0.15) is 27.5 Å². The van der Waals surface area contributed by atoms with Crippen LogP contribution in [0.25, 0.3) is 0 Å². The molecule has 0 bridgehead atoms. The van der Waals surface area contributed by atoms with Gasteiger partial charge in [-0.3, -0.25) is 23.7 Å². The summed E-state index contributed by atoms with van der Waals surface area (Å²) in [5.74, 6) is -3.50. The van der Waals surface area contributed by atoms with Crippen LogP contribution in [-0.2, 0) is 27.1 Å². The molecule has 45 heavy (non-hydrogen) atoms. The predicted molar refractivity (Wildman–Crippen MR) is 168 cm³/mol. The highest BCUT2D eigenvalue weighted by Gasteiger charge is 2.57. The fraction of sp³-hybridized carbons (Fsp3) is 0.250. The molecule has 3 atom stereocenters. The van der Waals surface area contributed by atoms with Crippen LogP contribution in [0.2, 0.25) is 0 Å². The molecule has 1 fully saturated rings. The highest BCUT2D eigenvalue weighted by Crippen LogP contribution is 2.54. The second-order valence-corrected chi connectivity index (χ2v) is 13.2. The highest BCUT2D eigenvalue weighted by atomic mass is 32.2. The Morgan fingerprint density at radius 2 is 1.64 bits per heavy atom. The quantitative estimate of drug-likeness (QED) is 0.268. The Balaban J connectivity index is 1.41. The smallest absolute Gasteiger partial charge is 0.378 e. The number of rotatable bonds is 6. The molecule has 8 nitrogen and oxygen atoms in total. The maximum atomic E-state index is 14.0. The van der Waals surface area contributed by atoms with Crippen LogP contribution in [0.3, 0.4) is 0 Å². The number of nitrogens with zero attached hydrogens (tertiary/aromatic N) is 3. The third kappa shape index (κ3) is 5.66. The molecular weight excluding hydrogens is 626 g/mol. The lowest BCUT2D eigenvalue weighted by atomic mass is 9.83. The number of halogens is 3. The number of alkyl halides is 3. The van der Waals surface area contributed by atoms with Crippen LogP contribution in [0.15, 0.2) is 82.6 Å². The molecule has 6 rings (SSSR count). The van der Waals surface area contributed by atoms with Crippen molar-refractivity contribution in [2.45, 2.75) is 35.8 Å². The van der Waals surface area contributed by atoms with Crippen molar-refractivity contribution in [2.24, 2.45) is 5.92 Å². The number of benzene rings is 3. The molecule has 0 spiro atoms. The standard InChI is InChI=1S/C32H27F3N4O4S2/c1-17-7-11-20(12-8-17)36-23(40)16-38-30-27(45-31(38)43)24(18-9-13-21(14-10-18)37(2)3)25-26(44-30)29(42)39(28(25)41)22-6-4-5-19(15-22)32(33,34)35/h4-15,24-26H,16H2,1-3H3,(H,36,40)/t24-,25-,26+/m0/s1. The van der Waals surface area contributed by atoms with E-state index >= 15 is 0 Å². The molecule has 0 unspecified atom stereocenters. The average Bonchev–Trinajstić information content (AvgIpc) is 3.44. The van der Waals surface area contributed by atoms with E-state index in [-0.39, 0.29) is 12.2 Å². The van der Waals surface area contributed by atoms with E-state index in [9.17, 15) is 32.3 Å². The minimum absolute atomic E-state index is 0.172. The number of hydrogen-bond acceptors (Lipinski definition) is 7. The van der Waals surface area contributed by atoms with Crippen molar-refractivity contribution < 1.29 is 27.6 Å². The first kappa shape index (κ1) is 30.7. The van der Waals surface area contributed by atoms with Crippen LogP contribution >= 0.6 is 23.1 Å². The Morgan fingerprint density at radius 3 is 2.29 bits per heavy atom. The lowest BCUT2D eigenvalue weighted by Crippen LogP contribution is -2.33. The molecule has 232 valence electrons. The first-order valence-corrected chi connectivity index (χ1v) is 15.6. The zero-order chi connectivity index (χ0) is 32.2. The van der Waals surface area contributed by atoms with Crippen molar-refractivity contribution in [3.05, 3.63) is 104 Å². The van der Waals surface area contributed by atoms with E-state index in [0.29, 0.717) is 21.2 Å². The van der Waals surface area contributed by atoms with Crippen molar-refractivity contribution in [3.63, 3.8) is 0 Å². The third-order valence-corrected chi connectivity index (χ3v) is 10.5. The maximum Gasteiger partial charge on any atom is 0.416 e. The molecule has 1 N–H and O–H groups in total. The van der Waals surface area contributed by atoms with E-state index in [1.54, 1.807) is 12.1 Å². The van der Waals surface area contributed by atoms with Crippen molar-refractivity contribution in [2.75, 3.05) is 29.2 Å². The van der Waals surface area contributed by atoms with E-state index in [4.69, 9.17) is 0 Å². The Labute approximate surface area is 264 Å². The Morgan fingerprint density at radius 1 is 0.956 bits per heavy atom. The maximum absolute atomic E-state index is 14.0. The summed E-state index contributed by atoms with van der Waals surface area (Å²) in [5, 5.41) is 2.14. The molecule has 3 heterocycles. The number of amides is 3. The summed E-state index contributed by atoms with van der Waals surface area (Å²) in [6.45, 7) is 1.59. The van der Waals surface area contributed by atoms with Gasteiger partial charge in [0.25, 0.3) is 0 Å². The Hall–Kier alpha value is -4.36. The summed E-state index contributed by atoms with van der Waals surface area (Å²) in [6.07, 6.45) is -4.67. The van der Waals surface area contributed by atoms with Gasteiger partial charge in [0.05, 0.1) is 22.2 Å². The normalized spacial score (nSPS) is 19.3. The molecule has 4 aromatic rings. The fourth-order valence-corrected chi connectivity index (χ4v) is 8.42. The Kier molecular flexibility index (Phi) is 7.86. The zero-order valence-corrected chi connectivity index (χ0v) is 25.9. The number of carbonyl (C=O) groups is 3. The molecule has 1 aromatic heterocycles. The Bertz CT molecular complexity index is 1870. The molecule has 3 amide bonds. The molecule has 0 aliphatic carbocycles. The van der Waals surface area contributed by atoms with Gasteiger partial charge in [0.1, 0.15) is 11.8 Å². The van der Waals surface area contributed by atoms with Gasteiger partial charge in [-0.2, -0.15) is 13.2 Å². The van der Waals surface area contributed by atoms with E-state index in [1.807, 2.05) is 62.3 Å². The van der Waals surface area contributed by atoms with Crippen molar-refractivity contribution in [1.82, 2.24) is 4.57 Å². The summed E-state index contributed by atoms with van der Waals surface area (Å²) in [4.78, 5) is 57.1.